The average Bonchev–Trinajstić information content (AvgIpc) is 2.11. The molecule has 0 aromatic carbocycles. The smallest absolute Gasteiger partial charge is 0.311 e. The van der Waals surface area contributed by atoms with Crippen molar-refractivity contribution in [2.24, 2.45) is 5.41 Å². The second kappa shape index (κ2) is 4.99. The number of aliphatic hydroxyl groups excluding tert-OH is 1. The Kier molecular flexibility index (Phi) is 4.40. The standard InChI is InChI=1S/C11H19IO3/c1-11(2,3)10(14)15-8-6-4-5-7(13)9(8)12/h7-9,13H,4-6H2,1-3H3/t7-,8-,9+/m1/s1. The molecule has 1 rings (SSSR count). The van der Waals surface area contributed by atoms with Crippen molar-refractivity contribution in [3.63, 3.8) is 0 Å². The summed E-state index contributed by atoms with van der Waals surface area (Å²) in [6.07, 6.45) is 2.16. The van der Waals surface area contributed by atoms with Crippen LogP contribution < -0.4 is 0 Å². The van der Waals surface area contributed by atoms with E-state index in [-0.39, 0.29) is 22.1 Å². The molecule has 88 valence electrons. The van der Waals surface area contributed by atoms with E-state index in [2.05, 4.69) is 22.6 Å². The molecular formula is C11H19IO3. The van der Waals surface area contributed by atoms with Gasteiger partial charge in [0, 0.05) is 0 Å². The van der Waals surface area contributed by atoms with Gasteiger partial charge in [0.15, 0.2) is 0 Å². The second-order valence-corrected chi connectivity index (χ2v) is 6.57. The average molecular weight is 326 g/mol. The van der Waals surface area contributed by atoms with Gasteiger partial charge >= 0.3 is 5.97 Å². The summed E-state index contributed by atoms with van der Waals surface area (Å²) in [7, 11) is 0. The predicted octanol–water partition coefficient (Wildman–Crippen LogP) is 2.29. The molecule has 1 N–H and O–H groups in total. The maximum atomic E-state index is 11.7. The summed E-state index contributed by atoms with van der Waals surface area (Å²) in [6.45, 7) is 5.53. The second-order valence-electron chi connectivity index (χ2n) is 5.14. The Hall–Kier alpha value is 0.160. The molecule has 1 aliphatic carbocycles. The zero-order valence-electron chi connectivity index (χ0n) is 9.50. The molecule has 0 bridgehead atoms. The van der Waals surface area contributed by atoms with Crippen molar-refractivity contribution in [2.75, 3.05) is 0 Å². The Labute approximate surface area is 105 Å². The first-order chi connectivity index (χ1) is 6.82. The van der Waals surface area contributed by atoms with Crippen LogP contribution in [0.2, 0.25) is 0 Å². The molecule has 1 saturated carbocycles. The number of carbonyl (C=O) groups is 1. The van der Waals surface area contributed by atoms with Gasteiger partial charge in [-0.25, -0.2) is 0 Å². The Morgan fingerprint density at radius 1 is 1.40 bits per heavy atom. The summed E-state index contributed by atoms with van der Waals surface area (Å²) < 4.78 is 5.46. The number of hydrogen-bond donors (Lipinski definition) is 1. The molecule has 1 fully saturated rings. The fourth-order valence-corrected chi connectivity index (χ4v) is 2.40. The zero-order chi connectivity index (χ0) is 11.6. The van der Waals surface area contributed by atoms with E-state index in [1.54, 1.807) is 0 Å². The lowest BCUT2D eigenvalue weighted by Gasteiger charge is -2.33. The van der Waals surface area contributed by atoms with E-state index in [0.717, 1.165) is 19.3 Å². The number of ether oxygens (including phenoxy) is 1. The number of esters is 1. The van der Waals surface area contributed by atoms with Crippen LogP contribution in [0.15, 0.2) is 0 Å². The topological polar surface area (TPSA) is 46.5 Å². The van der Waals surface area contributed by atoms with Gasteiger partial charge < -0.3 is 9.84 Å². The van der Waals surface area contributed by atoms with E-state index >= 15 is 0 Å². The van der Waals surface area contributed by atoms with Crippen molar-refractivity contribution in [1.29, 1.82) is 0 Å². The van der Waals surface area contributed by atoms with Gasteiger partial charge in [-0.1, -0.05) is 22.6 Å². The maximum Gasteiger partial charge on any atom is 0.311 e. The molecule has 4 heteroatoms. The summed E-state index contributed by atoms with van der Waals surface area (Å²) in [5, 5.41) is 9.67. The molecule has 1 aliphatic rings. The third-order valence-corrected chi connectivity index (χ3v) is 4.21. The molecule has 0 unspecified atom stereocenters. The van der Waals surface area contributed by atoms with Crippen LogP contribution in [-0.4, -0.2) is 27.2 Å². The van der Waals surface area contributed by atoms with Crippen molar-refractivity contribution in [3.05, 3.63) is 0 Å². The summed E-state index contributed by atoms with van der Waals surface area (Å²) >= 11 is 2.18. The fraction of sp³-hybridized carbons (Fsp3) is 0.909. The lowest BCUT2D eigenvalue weighted by atomic mass is 9.93. The van der Waals surface area contributed by atoms with Gasteiger partial charge in [0.25, 0.3) is 0 Å². The van der Waals surface area contributed by atoms with E-state index in [0.29, 0.717) is 0 Å². The number of rotatable bonds is 1. The molecule has 0 aromatic heterocycles. The monoisotopic (exact) mass is 326 g/mol. The van der Waals surface area contributed by atoms with Crippen molar-refractivity contribution in [3.8, 4) is 0 Å². The Morgan fingerprint density at radius 3 is 2.53 bits per heavy atom. The highest BCUT2D eigenvalue weighted by atomic mass is 127. The largest absolute Gasteiger partial charge is 0.461 e. The number of hydrogen-bond acceptors (Lipinski definition) is 3. The van der Waals surface area contributed by atoms with E-state index in [4.69, 9.17) is 4.74 Å². The molecule has 0 amide bonds. The van der Waals surface area contributed by atoms with Crippen molar-refractivity contribution in [2.45, 2.75) is 56.2 Å². The quantitative estimate of drug-likeness (QED) is 0.457. The van der Waals surface area contributed by atoms with Gasteiger partial charge in [-0.15, -0.1) is 0 Å². The van der Waals surface area contributed by atoms with Gasteiger partial charge in [0.2, 0.25) is 0 Å². The maximum absolute atomic E-state index is 11.7. The number of aliphatic hydroxyl groups is 1. The summed E-state index contributed by atoms with van der Waals surface area (Å²) in [6, 6.07) is 0. The fourth-order valence-electron chi connectivity index (χ4n) is 1.53. The first-order valence-corrected chi connectivity index (χ1v) is 6.60. The van der Waals surface area contributed by atoms with Crippen LogP contribution >= 0.6 is 22.6 Å². The third kappa shape index (κ3) is 3.59. The van der Waals surface area contributed by atoms with Gasteiger partial charge in [-0.05, 0) is 40.0 Å². The predicted molar refractivity (Wildman–Crippen MR) is 67.0 cm³/mol. The molecule has 0 saturated heterocycles. The van der Waals surface area contributed by atoms with Crippen molar-refractivity contribution < 1.29 is 14.6 Å². The van der Waals surface area contributed by atoms with E-state index in [1.807, 2.05) is 20.8 Å². The summed E-state index contributed by atoms with van der Waals surface area (Å²) in [5.41, 5.74) is -0.460. The highest BCUT2D eigenvalue weighted by Crippen LogP contribution is 2.29. The Bertz CT molecular complexity index is 234. The Balaban J connectivity index is 2.54. The van der Waals surface area contributed by atoms with Crippen molar-refractivity contribution >= 4 is 28.6 Å². The summed E-state index contributed by atoms with van der Waals surface area (Å²) in [5.74, 6) is -0.178. The molecule has 3 atom stereocenters. The molecule has 0 aromatic rings. The van der Waals surface area contributed by atoms with Crippen LogP contribution in [0.25, 0.3) is 0 Å². The van der Waals surface area contributed by atoms with Crippen LogP contribution in [0, 0.1) is 5.41 Å². The minimum Gasteiger partial charge on any atom is -0.461 e. The molecule has 0 heterocycles. The third-order valence-electron chi connectivity index (χ3n) is 2.58. The van der Waals surface area contributed by atoms with Crippen molar-refractivity contribution in [1.82, 2.24) is 0 Å². The van der Waals surface area contributed by atoms with E-state index < -0.39 is 5.41 Å². The van der Waals surface area contributed by atoms with Crippen LogP contribution in [-0.2, 0) is 9.53 Å². The number of carbonyl (C=O) groups excluding carboxylic acids is 1. The summed E-state index contributed by atoms with van der Waals surface area (Å²) in [4.78, 5) is 11.7. The zero-order valence-corrected chi connectivity index (χ0v) is 11.7. The number of halogens is 1. The van der Waals surface area contributed by atoms with Gasteiger partial charge in [-0.2, -0.15) is 0 Å². The Morgan fingerprint density at radius 2 is 2.00 bits per heavy atom. The minimum atomic E-state index is -0.460. The highest BCUT2D eigenvalue weighted by Gasteiger charge is 2.35. The SMILES string of the molecule is CC(C)(C)C(=O)O[C@@H]1CCC[C@@H](O)[C@@H]1I. The molecule has 0 radical (unpaired) electrons. The van der Waals surface area contributed by atoms with E-state index in [9.17, 15) is 9.90 Å². The van der Waals surface area contributed by atoms with Gasteiger partial charge in [0.1, 0.15) is 6.10 Å². The van der Waals surface area contributed by atoms with Crippen LogP contribution in [0.4, 0.5) is 0 Å². The van der Waals surface area contributed by atoms with E-state index in [1.165, 1.54) is 0 Å². The minimum absolute atomic E-state index is 0.0302. The molecule has 15 heavy (non-hydrogen) atoms. The van der Waals surface area contributed by atoms with Gasteiger partial charge in [-0.3, -0.25) is 4.79 Å². The lowest BCUT2D eigenvalue weighted by molar-refractivity contribution is -0.160. The molecular weight excluding hydrogens is 307 g/mol. The molecule has 0 aliphatic heterocycles. The first kappa shape index (κ1) is 13.2. The normalized spacial score (nSPS) is 32.5. The molecule has 3 nitrogen and oxygen atoms in total. The van der Waals surface area contributed by atoms with Crippen LogP contribution in [0.3, 0.4) is 0 Å². The lowest BCUT2D eigenvalue weighted by Crippen LogP contribution is -2.41. The van der Waals surface area contributed by atoms with Crippen LogP contribution in [0.5, 0.6) is 0 Å². The van der Waals surface area contributed by atoms with Gasteiger partial charge in [0.05, 0.1) is 15.4 Å². The first-order valence-electron chi connectivity index (χ1n) is 5.35. The highest BCUT2D eigenvalue weighted by molar-refractivity contribution is 14.1. The molecule has 0 spiro atoms. The number of alkyl halides is 1. The van der Waals surface area contributed by atoms with Crippen LogP contribution in [0.1, 0.15) is 40.0 Å².